The van der Waals surface area contributed by atoms with Crippen LogP contribution in [0, 0.1) is 5.92 Å². The molecular weight excluding hydrogens is 216 g/mol. The van der Waals surface area contributed by atoms with Gasteiger partial charge in [0, 0.05) is 37.3 Å². The molecule has 0 saturated heterocycles. The molecule has 0 N–H and O–H groups in total. The van der Waals surface area contributed by atoms with Gasteiger partial charge >= 0.3 is 5.69 Å². The molecule has 92 valence electrons. The molecule has 0 aromatic carbocycles. The molecule has 0 radical (unpaired) electrons. The van der Waals surface area contributed by atoms with Crippen molar-refractivity contribution in [3.05, 3.63) is 22.9 Å². The zero-order valence-corrected chi connectivity index (χ0v) is 9.97. The second kappa shape index (κ2) is 4.17. The monoisotopic (exact) mass is 234 g/mol. The molecule has 1 heterocycles. The first-order valence-corrected chi connectivity index (χ1v) is 6.55. The maximum Gasteiger partial charge on any atom is 0.328 e. The number of nitrogens with zero attached hydrogens (tertiary/aromatic N) is 2. The number of aromatic nitrogens is 2. The highest BCUT2D eigenvalue weighted by Crippen LogP contribution is 2.33. The minimum absolute atomic E-state index is 0.0953. The molecule has 0 aliphatic heterocycles. The first-order chi connectivity index (χ1) is 8.25. The predicted molar refractivity (Wildman–Crippen MR) is 63.9 cm³/mol. The second-order valence-electron chi connectivity index (χ2n) is 5.26. The molecule has 2 aliphatic carbocycles. The fraction of sp³-hybridized carbons (Fsp3) is 0.692. The number of carbonyl (C=O) groups excluding carboxylic acids is 1. The van der Waals surface area contributed by atoms with Crippen LogP contribution in [-0.4, -0.2) is 14.9 Å². The third-order valence-corrected chi connectivity index (χ3v) is 3.96. The van der Waals surface area contributed by atoms with Gasteiger partial charge in [0.1, 0.15) is 5.78 Å². The number of aryl methyl sites for hydroxylation is 1. The third kappa shape index (κ3) is 2.08. The van der Waals surface area contributed by atoms with Crippen LogP contribution in [0.4, 0.5) is 0 Å². The van der Waals surface area contributed by atoms with Crippen LogP contribution < -0.4 is 5.69 Å². The number of hydrogen-bond donors (Lipinski definition) is 0. The minimum atomic E-state index is 0.0953. The molecule has 2 saturated carbocycles. The van der Waals surface area contributed by atoms with Gasteiger partial charge in [0.25, 0.3) is 0 Å². The third-order valence-electron chi connectivity index (χ3n) is 3.96. The number of imidazole rings is 1. The molecule has 2 aliphatic rings. The Morgan fingerprint density at radius 1 is 1.18 bits per heavy atom. The highest BCUT2D eigenvalue weighted by molar-refractivity contribution is 5.82. The Morgan fingerprint density at radius 2 is 2.00 bits per heavy atom. The van der Waals surface area contributed by atoms with Gasteiger partial charge < -0.3 is 0 Å². The van der Waals surface area contributed by atoms with Crippen molar-refractivity contribution in [2.45, 2.75) is 51.1 Å². The van der Waals surface area contributed by atoms with Gasteiger partial charge in [-0.1, -0.05) is 0 Å². The average molecular weight is 234 g/mol. The van der Waals surface area contributed by atoms with Crippen molar-refractivity contribution in [2.75, 3.05) is 0 Å². The molecule has 3 rings (SSSR count). The Balaban J connectivity index is 1.65. The summed E-state index contributed by atoms with van der Waals surface area (Å²) < 4.78 is 3.58. The summed E-state index contributed by atoms with van der Waals surface area (Å²) in [6.45, 7) is 0.689. The number of rotatable bonds is 4. The average Bonchev–Trinajstić information content (AvgIpc) is 2.98. The van der Waals surface area contributed by atoms with Crippen molar-refractivity contribution in [3.63, 3.8) is 0 Å². The predicted octanol–water partition coefficient (Wildman–Crippen LogP) is 1.74. The summed E-state index contributed by atoms with van der Waals surface area (Å²) in [5.41, 5.74) is 0.0953. The second-order valence-corrected chi connectivity index (χ2v) is 5.26. The van der Waals surface area contributed by atoms with Crippen molar-refractivity contribution in [1.29, 1.82) is 0 Å². The van der Waals surface area contributed by atoms with Crippen LogP contribution in [0.3, 0.4) is 0 Å². The molecule has 1 aromatic rings. The van der Waals surface area contributed by atoms with Crippen LogP contribution in [-0.2, 0) is 11.3 Å². The Bertz CT molecular complexity index is 482. The molecule has 1 aromatic heterocycles. The van der Waals surface area contributed by atoms with E-state index in [2.05, 4.69) is 0 Å². The SMILES string of the molecule is O=C1CCCC1CCn1ccn(C2CC2)c1=O. The summed E-state index contributed by atoms with van der Waals surface area (Å²) in [4.78, 5) is 23.5. The number of carbonyl (C=O) groups is 1. The van der Waals surface area contributed by atoms with Gasteiger partial charge in [-0.05, 0) is 32.1 Å². The van der Waals surface area contributed by atoms with Crippen LogP contribution in [0.5, 0.6) is 0 Å². The van der Waals surface area contributed by atoms with E-state index in [9.17, 15) is 9.59 Å². The summed E-state index contributed by atoms with van der Waals surface area (Å²) in [7, 11) is 0. The standard InChI is InChI=1S/C13H18N2O2/c16-12-3-1-2-10(12)6-7-14-8-9-15(13(14)17)11-4-5-11/h8-11H,1-7H2. The van der Waals surface area contributed by atoms with Gasteiger partial charge in [-0.15, -0.1) is 0 Å². The van der Waals surface area contributed by atoms with Crippen LogP contribution in [0.1, 0.15) is 44.6 Å². The van der Waals surface area contributed by atoms with E-state index in [4.69, 9.17) is 0 Å². The van der Waals surface area contributed by atoms with Gasteiger partial charge in [-0.25, -0.2) is 4.79 Å². The lowest BCUT2D eigenvalue weighted by Gasteiger charge is -2.07. The van der Waals surface area contributed by atoms with Gasteiger partial charge in [0.15, 0.2) is 0 Å². The minimum Gasteiger partial charge on any atom is -0.299 e. The Labute approximate surface area is 100 Å². The molecule has 2 fully saturated rings. The molecular formula is C13H18N2O2. The van der Waals surface area contributed by atoms with Crippen molar-refractivity contribution < 1.29 is 4.79 Å². The van der Waals surface area contributed by atoms with Crippen molar-refractivity contribution in [3.8, 4) is 0 Å². The van der Waals surface area contributed by atoms with Gasteiger partial charge in [0.2, 0.25) is 0 Å². The Kier molecular flexibility index (Phi) is 2.65. The first-order valence-electron chi connectivity index (χ1n) is 6.55. The normalized spacial score (nSPS) is 24.5. The number of hydrogen-bond acceptors (Lipinski definition) is 2. The fourth-order valence-electron chi connectivity index (χ4n) is 2.72. The molecule has 4 nitrogen and oxygen atoms in total. The lowest BCUT2D eigenvalue weighted by molar-refractivity contribution is -0.120. The van der Waals surface area contributed by atoms with E-state index in [-0.39, 0.29) is 11.6 Å². The van der Waals surface area contributed by atoms with Gasteiger partial charge in [-0.3, -0.25) is 13.9 Å². The summed E-state index contributed by atoms with van der Waals surface area (Å²) in [6.07, 6.45) is 9.61. The highest BCUT2D eigenvalue weighted by atomic mass is 16.2. The van der Waals surface area contributed by atoms with E-state index >= 15 is 0 Å². The van der Waals surface area contributed by atoms with Crippen LogP contribution in [0.2, 0.25) is 0 Å². The molecule has 1 unspecified atom stereocenters. The summed E-state index contributed by atoms with van der Waals surface area (Å²) in [6, 6.07) is 0.442. The fourth-order valence-corrected chi connectivity index (χ4v) is 2.72. The first kappa shape index (κ1) is 10.8. The van der Waals surface area contributed by atoms with Gasteiger partial charge in [0.05, 0.1) is 0 Å². The largest absolute Gasteiger partial charge is 0.328 e. The van der Waals surface area contributed by atoms with Crippen molar-refractivity contribution >= 4 is 5.78 Å². The van der Waals surface area contributed by atoms with Gasteiger partial charge in [-0.2, -0.15) is 0 Å². The zero-order chi connectivity index (χ0) is 11.8. The van der Waals surface area contributed by atoms with E-state index in [1.54, 1.807) is 4.57 Å². The van der Waals surface area contributed by atoms with Crippen LogP contribution >= 0.6 is 0 Å². The summed E-state index contributed by atoms with van der Waals surface area (Å²) >= 11 is 0. The molecule has 0 spiro atoms. The van der Waals surface area contributed by atoms with Crippen molar-refractivity contribution in [1.82, 2.24) is 9.13 Å². The van der Waals surface area contributed by atoms with E-state index in [0.29, 0.717) is 18.4 Å². The van der Waals surface area contributed by atoms with E-state index in [1.165, 1.54) is 0 Å². The van der Waals surface area contributed by atoms with E-state index in [0.717, 1.165) is 38.5 Å². The number of ketones is 1. The lowest BCUT2D eigenvalue weighted by atomic mass is 10.0. The quantitative estimate of drug-likeness (QED) is 0.796. The number of Topliss-reactive ketones (excluding diaryl/α,β-unsaturated/α-hetero) is 1. The van der Waals surface area contributed by atoms with Crippen LogP contribution in [0.25, 0.3) is 0 Å². The molecule has 0 amide bonds. The van der Waals surface area contributed by atoms with Crippen LogP contribution in [0.15, 0.2) is 17.2 Å². The van der Waals surface area contributed by atoms with Crippen molar-refractivity contribution in [2.24, 2.45) is 5.92 Å². The molecule has 1 atom stereocenters. The maximum atomic E-state index is 12.0. The maximum absolute atomic E-state index is 12.0. The summed E-state index contributed by atoms with van der Waals surface area (Å²) in [5.74, 6) is 0.589. The molecule has 17 heavy (non-hydrogen) atoms. The van der Waals surface area contributed by atoms with E-state index in [1.807, 2.05) is 17.0 Å². The van der Waals surface area contributed by atoms with E-state index < -0.39 is 0 Å². The Hall–Kier alpha value is -1.32. The topological polar surface area (TPSA) is 44.0 Å². The zero-order valence-electron chi connectivity index (χ0n) is 9.97. The molecule has 0 bridgehead atoms. The highest BCUT2D eigenvalue weighted by Gasteiger charge is 2.27. The lowest BCUT2D eigenvalue weighted by Crippen LogP contribution is -2.24. The summed E-state index contributed by atoms with van der Waals surface area (Å²) in [5, 5.41) is 0. The smallest absolute Gasteiger partial charge is 0.299 e. The molecule has 4 heteroatoms. The Morgan fingerprint density at radius 3 is 2.65 bits per heavy atom.